The molecule has 2 amide bonds. The van der Waals surface area contributed by atoms with Crippen LogP contribution in [0.4, 0.5) is 10.5 Å². The minimum Gasteiger partial charge on any atom is -0.489 e. The van der Waals surface area contributed by atoms with Gasteiger partial charge in [-0.2, -0.15) is 9.78 Å². The highest BCUT2D eigenvalue weighted by Crippen LogP contribution is 2.33. The Hall–Kier alpha value is -3.13. The third-order valence-electron chi connectivity index (χ3n) is 4.71. The fourth-order valence-electron chi connectivity index (χ4n) is 3.18. The van der Waals surface area contributed by atoms with Crippen LogP contribution < -0.4 is 15.0 Å². The van der Waals surface area contributed by atoms with Gasteiger partial charge in [0.05, 0.1) is 11.9 Å². The SMILES string of the molecule is CN1C(=O)[C@@H](NC(=O)n2cc(Cc3ccccc3)cn2)COc2ccc(Br)cc21. The largest absolute Gasteiger partial charge is 0.489 e. The number of nitrogens with zero attached hydrogens (tertiary/aromatic N) is 3. The molecule has 2 aromatic carbocycles. The highest BCUT2D eigenvalue weighted by atomic mass is 79.9. The first kappa shape index (κ1) is 19.2. The highest BCUT2D eigenvalue weighted by molar-refractivity contribution is 9.10. The van der Waals surface area contributed by atoms with Gasteiger partial charge in [0.2, 0.25) is 0 Å². The zero-order chi connectivity index (χ0) is 20.4. The third kappa shape index (κ3) is 4.17. The van der Waals surface area contributed by atoms with E-state index in [0.29, 0.717) is 17.9 Å². The fraction of sp³-hybridized carbons (Fsp3) is 0.190. The van der Waals surface area contributed by atoms with Gasteiger partial charge >= 0.3 is 6.03 Å². The molecule has 7 nitrogen and oxygen atoms in total. The van der Waals surface area contributed by atoms with E-state index in [1.54, 1.807) is 31.6 Å². The van der Waals surface area contributed by atoms with Crippen LogP contribution in [0.5, 0.6) is 5.75 Å². The van der Waals surface area contributed by atoms with Crippen molar-refractivity contribution in [3.05, 3.63) is 76.5 Å². The Morgan fingerprint density at radius 1 is 1.24 bits per heavy atom. The number of amides is 2. The molecule has 2 heterocycles. The molecule has 0 unspecified atom stereocenters. The van der Waals surface area contributed by atoms with Crippen LogP contribution in [0.3, 0.4) is 0 Å². The van der Waals surface area contributed by atoms with Crippen LogP contribution in [0, 0.1) is 0 Å². The Morgan fingerprint density at radius 3 is 2.83 bits per heavy atom. The standard InChI is InChI=1S/C21H19BrN4O3/c1-25-18-10-16(22)7-8-19(18)29-13-17(20(25)27)24-21(28)26-12-15(11-23-26)9-14-5-3-2-4-6-14/h2-8,10-12,17H,9,13H2,1H3,(H,24,28)/t17-/m0/s1. The van der Waals surface area contributed by atoms with Gasteiger partial charge in [0.15, 0.2) is 0 Å². The normalized spacial score (nSPS) is 16.0. The van der Waals surface area contributed by atoms with E-state index in [2.05, 4.69) is 26.3 Å². The van der Waals surface area contributed by atoms with Crippen LogP contribution in [-0.2, 0) is 11.2 Å². The Labute approximate surface area is 176 Å². The summed E-state index contributed by atoms with van der Waals surface area (Å²) in [5, 5.41) is 6.84. The van der Waals surface area contributed by atoms with Crippen LogP contribution in [0.15, 0.2) is 65.4 Å². The van der Waals surface area contributed by atoms with Crippen molar-refractivity contribution in [2.24, 2.45) is 0 Å². The lowest BCUT2D eigenvalue weighted by Gasteiger charge is -2.20. The summed E-state index contributed by atoms with van der Waals surface area (Å²) in [5.41, 5.74) is 2.68. The summed E-state index contributed by atoms with van der Waals surface area (Å²) < 4.78 is 7.80. The van der Waals surface area contributed by atoms with E-state index in [0.717, 1.165) is 15.6 Å². The van der Waals surface area contributed by atoms with Crippen LogP contribution >= 0.6 is 15.9 Å². The average molecular weight is 455 g/mol. The van der Waals surface area contributed by atoms with Gasteiger partial charge in [-0.3, -0.25) is 4.79 Å². The van der Waals surface area contributed by atoms with Gasteiger partial charge in [0.1, 0.15) is 18.4 Å². The number of carbonyl (C=O) groups is 2. The first-order valence-corrected chi connectivity index (χ1v) is 9.89. The van der Waals surface area contributed by atoms with Crippen LogP contribution in [0.25, 0.3) is 0 Å². The number of ether oxygens (including phenoxy) is 1. The van der Waals surface area contributed by atoms with Gasteiger partial charge in [-0.1, -0.05) is 46.3 Å². The predicted molar refractivity (Wildman–Crippen MR) is 112 cm³/mol. The summed E-state index contributed by atoms with van der Waals surface area (Å²) in [5.74, 6) is 0.330. The minimum absolute atomic E-state index is 0.0433. The molecule has 8 heteroatoms. The lowest BCUT2D eigenvalue weighted by Crippen LogP contribution is -2.50. The maximum Gasteiger partial charge on any atom is 0.342 e. The molecule has 0 bridgehead atoms. The topological polar surface area (TPSA) is 76.5 Å². The highest BCUT2D eigenvalue weighted by Gasteiger charge is 2.31. The van der Waals surface area contributed by atoms with Crippen molar-refractivity contribution in [1.29, 1.82) is 0 Å². The third-order valence-corrected chi connectivity index (χ3v) is 5.20. The number of hydrogen-bond donors (Lipinski definition) is 1. The molecule has 0 saturated heterocycles. The van der Waals surface area contributed by atoms with Crippen molar-refractivity contribution in [3.63, 3.8) is 0 Å². The zero-order valence-electron chi connectivity index (χ0n) is 15.7. The van der Waals surface area contributed by atoms with E-state index in [-0.39, 0.29) is 12.5 Å². The van der Waals surface area contributed by atoms with E-state index < -0.39 is 12.1 Å². The molecule has 0 radical (unpaired) electrons. The summed E-state index contributed by atoms with van der Waals surface area (Å²) >= 11 is 3.40. The van der Waals surface area contributed by atoms with E-state index in [1.807, 2.05) is 36.4 Å². The maximum absolute atomic E-state index is 12.8. The zero-order valence-corrected chi connectivity index (χ0v) is 17.3. The summed E-state index contributed by atoms with van der Waals surface area (Å²) in [6.45, 7) is 0.0433. The molecule has 29 heavy (non-hydrogen) atoms. The minimum atomic E-state index is -0.819. The smallest absolute Gasteiger partial charge is 0.342 e. The van der Waals surface area contributed by atoms with Gasteiger partial charge < -0.3 is 15.0 Å². The average Bonchev–Trinajstić information content (AvgIpc) is 3.16. The first-order valence-electron chi connectivity index (χ1n) is 9.09. The molecule has 1 N–H and O–H groups in total. The van der Waals surface area contributed by atoms with Crippen LogP contribution in [-0.4, -0.2) is 41.4 Å². The summed E-state index contributed by atoms with van der Waals surface area (Å²) in [4.78, 5) is 26.9. The quantitative estimate of drug-likeness (QED) is 0.658. The van der Waals surface area contributed by atoms with E-state index in [1.165, 1.54) is 9.58 Å². The number of likely N-dealkylation sites (N-methyl/N-ethyl adjacent to an activating group) is 1. The summed E-state index contributed by atoms with van der Waals surface area (Å²) in [6, 6.07) is 14.1. The fourth-order valence-corrected chi connectivity index (χ4v) is 3.53. The van der Waals surface area contributed by atoms with Crippen LogP contribution in [0.2, 0.25) is 0 Å². The molecule has 0 aliphatic carbocycles. The Bertz CT molecular complexity index is 1050. The number of hydrogen-bond acceptors (Lipinski definition) is 4. The molecule has 3 aromatic rings. The summed E-state index contributed by atoms with van der Waals surface area (Å²) in [7, 11) is 1.66. The van der Waals surface area contributed by atoms with Gasteiger partial charge in [-0.25, -0.2) is 4.79 Å². The summed E-state index contributed by atoms with van der Waals surface area (Å²) in [6.07, 6.45) is 3.99. The van der Waals surface area contributed by atoms with E-state index in [4.69, 9.17) is 4.74 Å². The van der Waals surface area contributed by atoms with Crippen molar-refractivity contribution in [2.75, 3.05) is 18.6 Å². The van der Waals surface area contributed by atoms with Crippen LogP contribution in [0.1, 0.15) is 11.1 Å². The van der Waals surface area contributed by atoms with Gasteiger partial charge in [-0.15, -0.1) is 0 Å². The van der Waals surface area contributed by atoms with Crippen molar-refractivity contribution in [3.8, 4) is 5.75 Å². The molecular formula is C21H19BrN4O3. The lowest BCUT2D eigenvalue weighted by atomic mass is 10.1. The van der Waals surface area contributed by atoms with Crippen molar-refractivity contribution < 1.29 is 14.3 Å². The molecular weight excluding hydrogens is 436 g/mol. The molecule has 1 atom stereocenters. The molecule has 0 saturated carbocycles. The number of nitrogens with one attached hydrogen (secondary N) is 1. The number of anilines is 1. The predicted octanol–water partition coefficient (Wildman–Crippen LogP) is 3.22. The van der Waals surface area contributed by atoms with Gasteiger partial charge in [0.25, 0.3) is 5.91 Å². The first-order chi connectivity index (χ1) is 14.0. The van der Waals surface area contributed by atoms with Gasteiger partial charge in [0, 0.05) is 24.1 Å². The second-order valence-electron chi connectivity index (χ2n) is 6.78. The molecule has 148 valence electrons. The van der Waals surface area contributed by atoms with Crippen molar-refractivity contribution in [1.82, 2.24) is 15.1 Å². The van der Waals surface area contributed by atoms with E-state index >= 15 is 0 Å². The second kappa shape index (κ2) is 8.08. The molecule has 4 rings (SSSR count). The number of carbonyl (C=O) groups excluding carboxylic acids is 2. The molecule has 0 fully saturated rings. The second-order valence-corrected chi connectivity index (χ2v) is 7.69. The number of aromatic nitrogens is 2. The molecule has 0 spiro atoms. The monoisotopic (exact) mass is 454 g/mol. The van der Waals surface area contributed by atoms with Crippen molar-refractivity contribution in [2.45, 2.75) is 12.5 Å². The number of fused-ring (bicyclic) bond motifs is 1. The molecule has 1 aromatic heterocycles. The van der Waals surface area contributed by atoms with E-state index in [9.17, 15) is 9.59 Å². The number of halogens is 1. The van der Waals surface area contributed by atoms with Gasteiger partial charge in [-0.05, 0) is 29.3 Å². The number of rotatable bonds is 3. The van der Waals surface area contributed by atoms with Crippen molar-refractivity contribution >= 4 is 33.6 Å². The molecule has 1 aliphatic rings. The number of benzene rings is 2. The Kier molecular flexibility index (Phi) is 5.35. The Morgan fingerprint density at radius 2 is 2.03 bits per heavy atom. The molecule has 1 aliphatic heterocycles. The Balaban J connectivity index is 1.45. The maximum atomic E-state index is 12.8. The lowest BCUT2D eigenvalue weighted by molar-refractivity contribution is -0.120.